The van der Waals surface area contributed by atoms with Crippen LogP contribution in [0.3, 0.4) is 0 Å². The number of aromatic nitrogens is 2. The molecule has 2 aromatic heterocycles. The first-order valence-corrected chi connectivity index (χ1v) is 8.60. The van der Waals surface area contributed by atoms with E-state index in [1.807, 2.05) is 32.2 Å². The molecule has 0 aliphatic heterocycles. The summed E-state index contributed by atoms with van der Waals surface area (Å²) in [5.41, 5.74) is 1.50. The van der Waals surface area contributed by atoms with Crippen LogP contribution < -0.4 is 0 Å². The van der Waals surface area contributed by atoms with E-state index in [1.165, 1.54) is 16.2 Å². The van der Waals surface area contributed by atoms with Gasteiger partial charge in [0.25, 0.3) is 5.91 Å². The van der Waals surface area contributed by atoms with E-state index in [4.69, 9.17) is 4.74 Å². The lowest BCUT2D eigenvalue weighted by Crippen LogP contribution is -2.31. The van der Waals surface area contributed by atoms with Gasteiger partial charge in [0.15, 0.2) is 0 Å². The first-order valence-electron chi connectivity index (χ1n) is 7.78. The van der Waals surface area contributed by atoms with E-state index in [1.54, 1.807) is 37.0 Å². The number of carbonyl (C=O) groups is 2. The number of aryl methyl sites for hydroxylation is 2. The highest BCUT2D eigenvalue weighted by Gasteiger charge is 2.28. The van der Waals surface area contributed by atoms with Crippen molar-refractivity contribution in [1.82, 2.24) is 14.7 Å². The molecule has 0 bridgehead atoms. The molecule has 7 heteroatoms. The number of nitrogens with zero attached hydrogens (tertiary/aromatic N) is 3. The van der Waals surface area contributed by atoms with Gasteiger partial charge in [-0.25, -0.2) is 4.79 Å². The van der Waals surface area contributed by atoms with Crippen molar-refractivity contribution >= 4 is 33.4 Å². The highest BCUT2D eigenvalue weighted by molar-refractivity contribution is 7.20. The van der Waals surface area contributed by atoms with Gasteiger partial charge in [-0.05, 0) is 13.0 Å². The average molecular weight is 357 g/mol. The van der Waals surface area contributed by atoms with Crippen LogP contribution in [0.5, 0.6) is 0 Å². The fourth-order valence-corrected chi connectivity index (χ4v) is 3.60. The number of rotatable bonds is 4. The Morgan fingerprint density at radius 3 is 2.52 bits per heavy atom. The maximum Gasteiger partial charge on any atom is 0.349 e. The monoisotopic (exact) mass is 357 g/mol. The van der Waals surface area contributed by atoms with Gasteiger partial charge in [0.05, 0.1) is 5.69 Å². The molecular weight excluding hydrogens is 338 g/mol. The van der Waals surface area contributed by atoms with Crippen molar-refractivity contribution in [2.24, 2.45) is 7.05 Å². The molecule has 0 aliphatic rings. The Morgan fingerprint density at radius 2 is 1.92 bits per heavy atom. The van der Waals surface area contributed by atoms with Gasteiger partial charge in [-0.2, -0.15) is 5.10 Å². The molecule has 0 saturated heterocycles. The Hall–Kier alpha value is -2.67. The van der Waals surface area contributed by atoms with Crippen molar-refractivity contribution in [2.45, 2.75) is 13.0 Å². The Kier molecular flexibility index (Phi) is 4.59. The third kappa shape index (κ3) is 3.28. The van der Waals surface area contributed by atoms with Gasteiger partial charge in [0.2, 0.25) is 6.10 Å². The summed E-state index contributed by atoms with van der Waals surface area (Å²) in [6.07, 6.45) is -0.965. The zero-order valence-electron chi connectivity index (χ0n) is 14.5. The summed E-state index contributed by atoms with van der Waals surface area (Å²) >= 11 is 1.31. The van der Waals surface area contributed by atoms with E-state index in [2.05, 4.69) is 5.10 Å². The van der Waals surface area contributed by atoms with Crippen LogP contribution in [0.4, 0.5) is 0 Å². The molecule has 0 saturated carbocycles. The van der Waals surface area contributed by atoms with Gasteiger partial charge in [0.1, 0.15) is 9.71 Å². The molecule has 3 rings (SSSR count). The van der Waals surface area contributed by atoms with Gasteiger partial charge < -0.3 is 9.64 Å². The molecule has 1 aromatic carbocycles. The number of benzene rings is 1. The summed E-state index contributed by atoms with van der Waals surface area (Å²) in [7, 11) is 5.12. The van der Waals surface area contributed by atoms with E-state index in [9.17, 15) is 9.59 Å². The molecule has 0 radical (unpaired) electrons. The fourth-order valence-electron chi connectivity index (χ4n) is 2.59. The quantitative estimate of drug-likeness (QED) is 0.674. The number of thiophene rings is 1. The molecule has 0 aliphatic carbocycles. The first kappa shape index (κ1) is 17.2. The number of ether oxygens (including phenoxy) is 1. The van der Waals surface area contributed by atoms with Crippen LogP contribution in [0.1, 0.15) is 27.0 Å². The van der Waals surface area contributed by atoms with Crippen LogP contribution >= 0.6 is 11.3 Å². The largest absolute Gasteiger partial charge is 0.443 e. The smallest absolute Gasteiger partial charge is 0.349 e. The summed E-state index contributed by atoms with van der Waals surface area (Å²) in [5, 5.41) is 5.25. The molecule has 0 fully saturated rings. The van der Waals surface area contributed by atoms with Crippen LogP contribution in [-0.4, -0.2) is 40.7 Å². The minimum atomic E-state index is -0.965. The molecule has 0 N–H and O–H groups in total. The molecule has 1 atom stereocenters. The highest BCUT2D eigenvalue weighted by atomic mass is 32.1. The lowest BCUT2D eigenvalue weighted by molar-refractivity contribution is -0.138. The fraction of sp³-hybridized carbons (Fsp3) is 0.278. The Morgan fingerprint density at radius 1 is 1.24 bits per heavy atom. The number of hydrogen-bond acceptors (Lipinski definition) is 5. The maximum atomic E-state index is 12.6. The predicted molar refractivity (Wildman–Crippen MR) is 96.6 cm³/mol. The SMILES string of the molecule is Cc1nn(C)c2sc(C(=O)O[C@@H](C(=O)N(C)C)c3ccccc3)cc12. The van der Waals surface area contributed by atoms with Crippen molar-refractivity contribution in [3.63, 3.8) is 0 Å². The maximum absolute atomic E-state index is 12.6. The van der Waals surface area contributed by atoms with E-state index < -0.39 is 12.1 Å². The molecule has 25 heavy (non-hydrogen) atoms. The van der Waals surface area contributed by atoms with Crippen LogP contribution in [-0.2, 0) is 16.6 Å². The topological polar surface area (TPSA) is 64.4 Å². The van der Waals surface area contributed by atoms with Crippen molar-refractivity contribution in [3.05, 3.63) is 52.5 Å². The number of esters is 1. The zero-order chi connectivity index (χ0) is 18.1. The van der Waals surface area contributed by atoms with Crippen LogP contribution in [0.2, 0.25) is 0 Å². The first-order chi connectivity index (χ1) is 11.9. The van der Waals surface area contributed by atoms with E-state index in [0.29, 0.717) is 10.4 Å². The molecule has 130 valence electrons. The lowest BCUT2D eigenvalue weighted by Gasteiger charge is -2.20. The van der Waals surface area contributed by atoms with Crippen molar-refractivity contribution in [1.29, 1.82) is 0 Å². The zero-order valence-corrected chi connectivity index (χ0v) is 15.3. The van der Waals surface area contributed by atoms with Gasteiger partial charge in [0, 0.05) is 32.1 Å². The molecule has 6 nitrogen and oxygen atoms in total. The van der Waals surface area contributed by atoms with Crippen LogP contribution in [0.15, 0.2) is 36.4 Å². The van der Waals surface area contributed by atoms with Crippen LogP contribution in [0.25, 0.3) is 10.2 Å². The lowest BCUT2D eigenvalue weighted by atomic mass is 10.1. The Balaban J connectivity index is 1.91. The van der Waals surface area contributed by atoms with Crippen LogP contribution in [0, 0.1) is 6.92 Å². The summed E-state index contributed by atoms with van der Waals surface area (Å²) in [5.74, 6) is -0.789. The van der Waals surface area contributed by atoms with Gasteiger partial charge in [-0.15, -0.1) is 11.3 Å². The number of likely N-dealkylation sites (N-methyl/N-ethyl adjacent to an activating group) is 1. The summed E-state index contributed by atoms with van der Waals surface area (Å²) in [4.78, 5) is 27.9. The Bertz CT molecular complexity index is 893. The van der Waals surface area contributed by atoms with Crippen molar-refractivity contribution in [2.75, 3.05) is 14.1 Å². The van der Waals surface area contributed by atoms with Gasteiger partial charge in [-0.1, -0.05) is 30.3 Å². The molecular formula is C18H19N3O3S. The number of amides is 1. The highest BCUT2D eigenvalue weighted by Crippen LogP contribution is 2.30. The third-order valence-corrected chi connectivity index (χ3v) is 5.07. The normalized spacial score (nSPS) is 12.2. The minimum absolute atomic E-state index is 0.279. The summed E-state index contributed by atoms with van der Waals surface area (Å²) in [6, 6.07) is 10.8. The number of carbonyl (C=O) groups excluding carboxylic acids is 2. The van der Waals surface area contributed by atoms with Gasteiger partial charge in [-0.3, -0.25) is 9.48 Å². The van der Waals surface area contributed by atoms with Crippen molar-refractivity contribution in [3.8, 4) is 0 Å². The third-order valence-electron chi connectivity index (χ3n) is 3.89. The number of fused-ring (bicyclic) bond motifs is 1. The number of hydrogen-bond donors (Lipinski definition) is 0. The second-order valence-electron chi connectivity index (χ2n) is 5.97. The minimum Gasteiger partial charge on any atom is -0.443 e. The second-order valence-corrected chi connectivity index (χ2v) is 7.00. The molecule has 2 heterocycles. The van der Waals surface area contributed by atoms with E-state index in [-0.39, 0.29) is 5.91 Å². The standard InChI is InChI=1S/C18H19N3O3S/c1-11-13-10-14(25-17(13)21(4)19-11)18(23)24-15(16(22)20(2)3)12-8-6-5-7-9-12/h5-10,15H,1-4H3/t15-/m1/s1. The summed E-state index contributed by atoms with van der Waals surface area (Å²) < 4.78 is 7.32. The molecule has 0 spiro atoms. The second kappa shape index (κ2) is 6.68. The van der Waals surface area contributed by atoms with Crippen molar-refractivity contribution < 1.29 is 14.3 Å². The molecule has 1 amide bonds. The van der Waals surface area contributed by atoms with E-state index >= 15 is 0 Å². The molecule has 0 unspecified atom stereocenters. The average Bonchev–Trinajstić information content (AvgIpc) is 3.14. The van der Waals surface area contributed by atoms with Gasteiger partial charge >= 0.3 is 5.97 Å². The summed E-state index contributed by atoms with van der Waals surface area (Å²) in [6.45, 7) is 1.90. The van der Waals surface area contributed by atoms with E-state index in [0.717, 1.165) is 15.9 Å². The predicted octanol–water partition coefficient (Wildman–Crippen LogP) is 2.93. The molecule has 3 aromatic rings. The Labute approximate surface area is 149 Å².